The van der Waals surface area contributed by atoms with Gasteiger partial charge in [-0.25, -0.2) is 0 Å². The van der Waals surface area contributed by atoms with Gasteiger partial charge in [0.1, 0.15) is 11.7 Å². The number of nitrogens with one attached hydrogen (secondary N) is 2. The number of hydrogen-bond acceptors (Lipinski definition) is 3. The molecule has 4 aromatic rings. The maximum absolute atomic E-state index is 13.5. The Kier molecular flexibility index (Phi) is 8.61. The van der Waals surface area contributed by atoms with Gasteiger partial charge in [0.2, 0.25) is 5.91 Å². The molecule has 36 heavy (non-hydrogen) atoms. The molecule has 1 atom stereocenters. The number of likely N-dealkylation sites (N-methyl/N-ethyl adjacent to an activating group) is 1. The molecule has 0 unspecified atom stereocenters. The number of amides is 2. The van der Waals surface area contributed by atoms with Crippen molar-refractivity contribution in [2.24, 2.45) is 0 Å². The molecule has 184 valence electrons. The van der Waals surface area contributed by atoms with Crippen molar-refractivity contribution in [3.05, 3.63) is 110 Å². The van der Waals surface area contributed by atoms with E-state index >= 15 is 0 Å². The van der Waals surface area contributed by atoms with Gasteiger partial charge >= 0.3 is 0 Å². The Balaban J connectivity index is 1.68. The molecule has 0 bridgehead atoms. The van der Waals surface area contributed by atoms with Gasteiger partial charge in [-0.2, -0.15) is 5.10 Å². The standard InChI is InChI=1S/C27H23Br2ClN4O2/c1-31-26(35)24(14-17-6-4-8-19(28)12-17)32-27(36)25-15-23(21-10-2-3-11-22(21)30)33-34(25)16-18-7-5-9-20(29)13-18/h2-13,15,24H,14,16H2,1H3,(H,31,35)(H,32,36)/t24-/m0/s1. The van der Waals surface area contributed by atoms with Crippen LogP contribution in [0.15, 0.2) is 87.8 Å². The predicted octanol–water partition coefficient (Wildman–Crippen LogP) is 5.86. The number of rotatable bonds is 8. The van der Waals surface area contributed by atoms with Crippen molar-refractivity contribution in [3.8, 4) is 11.3 Å². The van der Waals surface area contributed by atoms with Crippen LogP contribution in [-0.4, -0.2) is 34.7 Å². The van der Waals surface area contributed by atoms with Crippen LogP contribution in [0.3, 0.4) is 0 Å². The van der Waals surface area contributed by atoms with Gasteiger partial charge in [0.25, 0.3) is 5.91 Å². The molecule has 1 aromatic heterocycles. The van der Waals surface area contributed by atoms with Crippen LogP contribution in [0.5, 0.6) is 0 Å². The molecule has 1 heterocycles. The van der Waals surface area contributed by atoms with Crippen LogP contribution in [-0.2, 0) is 17.8 Å². The van der Waals surface area contributed by atoms with Crippen LogP contribution < -0.4 is 10.6 Å². The van der Waals surface area contributed by atoms with E-state index in [0.29, 0.717) is 29.4 Å². The quantitative estimate of drug-likeness (QED) is 0.256. The molecular weight excluding hydrogens is 608 g/mol. The van der Waals surface area contributed by atoms with Gasteiger partial charge in [-0.1, -0.05) is 85.9 Å². The van der Waals surface area contributed by atoms with E-state index in [1.54, 1.807) is 23.9 Å². The van der Waals surface area contributed by atoms with E-state index in [9.17, 15) is 9.59 Å². The number of carbonyl (C=O) groups excluding carboxylic acids is 2. The molecule has 4 rings (SSSR count). The summed E-state index contributed by atoms with van der Waals surface area (Å²) in [4.78, 5) is 26.2. The van der Waals surface area contributed by atoms with E-state index in [1.807, 2.05) is 66.7 Å². The molecule has 9 heteroatoms. The molecule has 0 spiro atoms. The number of benzene rings is 3. The number of hydrogen-bond donors (Lipinski definition) is 2. The lowest BCUT2D eigenvalue weighted by molar-refractivity contribution is -0.122. The van der Waals surface area contributed by atoms with Crippen LogP contribution in [0, 0.1) is 0 Å². The van der Waals surface area contributed by atoms with E-state index in [0.717, 1.165) is 25.6 Å². The normalized spacial score (nSPS) is 11.7. The van der Waals surface area contributed by atoms with Crippen molar-refractivity contribution >= 4 is 55.3 Å². The van der Waals surface area contributed by atoms with Crippen molar-refractivity contribution in [2.75, 3.05) is 7.05 Å². The number of aromatic nitrogens is 2. The van der Waals surface area contributed by atoms with E-state index in [1.165, 1.54) is 0 Å². The average molecular weight is 631 g/mol. The van der Waals surface area contributed by atoms with E-state index < -0.39 is 11.9 Å². The van der Waals surface area contributed by atoms with Crippen LogP contribution in [0.4, 0.5) is 0 Å². The van der Waals surface area contributed by atoms with E-state index in [4.69, 9.17) is 16.7 Å². The lowest BCUT2D eigenvalue weighted by Gasteiger charge is -2.18. The van der Waals surface area contributed by atoms with Crippen molar-refractivity contribution < 1.29 is 9.59 Å². The van der Waals surface area contributed by atoms with Gasteiger partial charge in [-0.05, 0) is 47.5 Å². The van der Waals surface area contributed by atoms with Crippen LogP contribution in [0.25, 0.3) is 11.3 Å². The summed E-state index contributed by atoms with van der Waals surface area (Å²) in [7, 11) is 1.55. The minimum Gasteiger partial charge on any atom is -0.357 e. The van der Waals surface area contributed by atoms with Gasteiger partial charge in [-0.15, -0.1) is 0 Å². The zero-order chi connectivity index (χ0) is 25.7. The van der Waals surface area contributed by atoms with Crippen molar-refractivity contribution in [1.82, 2.24) is 20.4 Å². The first-order valence-corrected chi connectivity index (χ1v) is 13.1. The molecule has 0 radical (unpaired) electrons. The van der Waals surface area contributed by atoms with E-state index in [2.05, 4.69) is 42.5 Å². The summed E-state index contributed by atoms with van der Waals surface area (Å²) < 4.78 is 3.46. The Morgan fingerprint density at radius 3 is 2.28 bits per heavy atom. The molecule has 3 aromatic carbocycles. The van der Waals surface area contributed by atoms with Crippen LogP contribution in [0.2, 0.25) is 5.02 Å². The summed E-state index contributed by atoms with van der Waals surface area (Å²) in [6.45, 7) is 0.364. The fourth-order valence-electron chi connectivity index (χ4n) is 3.84. The monoisotopic (exact) mass is 628 g/mol. The fourth-order valence-corrected chi connectivity index (χ4v) is 4.97. The lowest BCUT2D eigenvalue weighted by Crippen LogP contribution is -2.47. The highest BCUT2D eigenvalue weighted by Gasteiger charge is 2.24. The summed E-state index contributed by atoms with van der Waals surface area (Å²) in [6, 6.07) is 23.7. The molecule has 2 N–H and O–H groups in total. The van der Waals surface area contributed by atoms with Gasteiger partial charge < -0.3 is 10.6 Å². The van der Waals surface area contributed by atoms with Crippen LogP contribution in [0.1, 0.15) is 21.6 Å². The summed E-state index contributed by atoms with van der Waals surface area (Å²) in [5.41, 5.74) is 3.50. The van der Waals surface area contributed by atoms with Crippen LogP contribution >= 0.6 is 43.5 Å². The second-order valence-corrected chi connectivity index (χ2v) is 10.4. The van der Waals surface area contributed by atoms with Crippen molar-refractivity contribution in [2.45, 2.75) is 19.0 Å². The van der Waals surface area contributed by atoms with Gasteiger partial charge in [0.15, 0.2) is 0 Å². The smallest absolute Gasteiger partial charge is 0.270 e. The lowest BCUT2D eigenvalue weighted by atomic mass is 10.0. The summed E-state index contributed by atoms with van der Waals surface area (Å²) >= 11 is 13.4. The Morgan fingerprint density at radius 2 is 1.61 bits per heavy atom. The highest BCUT2D eigenvalue weighted by Crippen LogP contribution is 2.28. The third-order valence-corrected chi connectivity index (χ3v) is 6.90. The highest BCUT2D eigenvalue weighted by molar-refractivity contribution is 9.10. The summed E-state index contributed by atoms with van der Waals surface area (Å²) in [5, 5.41) is 10.8. The Labute approximate surface area is 231 Å². The Hall–Kier alpha value is -2.94. The molecule has 6 nitrogen and oxygen atoms in total. The zero-order valence-electron chi connectivity index (χ0n) is 19.3. The SMILES string of the molecule is CNC(=O)[C@H](Cc1cccc(Br)c1)NC(=O)c1cc(-c2ccccc2Cl)nn1Cc1cccc(Br)c1. The zero-order valence-corrected chi connectivity index (χ0v) is 23.3. The molecular formula is C27H23Br2ClN4O2. The van der Waals surface area contributed by atoms with Crippen molar-refractivity contribution in [3.63, 3.8) is 0 Å². The number of carbonyl (C=O) groups is 2. The maximum atomic E-state index is 13.5. The highest BCUT2D eigenvalue weighted by atomic mass is 79.9. The van der Waals surface area contributed by atoms with Gasteiger partial charge in [-0.3, -0.25) is 14.3 Å². The van der Waals surface area contributed by atoms with Crippen molar-refractivity contribution in [1.29, 1.82) is 0 Å². The summed E-state index contributed by atoms with van der Waals surface area (Å²) in [5.74, 6) is -0.688. The Morgan fingerprint density at radius 1 is 0.944 bits per heavy atom. The third-order valence-electron chi connectivity index (χ3n) is 5.58. The third kappa shape index (κ3) is 6.43. The molecule has 0 saturated heterocycles. The average Bonchev–Trinajstić information content (AvgIpc) is 3.27. The molecule has 0 aliphatic heterocycles. The number of halogens is 3. The Bertz CT molecular complexity index is 1410. The van der Waals surface area contributed by atoms with Gasteiger partial charge in [0.05, 0.1) is 17.3 Å². The minimum absolute atomic E-state index is 0.285. The predicted molar refractivity (Wildman–Crippen MR) is 149 cm³/mol. The minimum atomic E-state index is -0.769. The number of nitrogens with zero attached hydrogens (tertiary/aromatic N) is 2. The maximum Gasteiger partial charge on any atom is 0.270 e. The largest absolute Gasteiger partial charge is 0.357 e. The molecule has 0 aliphatic rings. The second kappa shape index (κ2) is 11.9. The molecule has 2 amide bonds. The molecule has 0 aliphatic carbocycles. The van der Waals surface area contributed by atoms with E-state index in [-0.39, 0.29) is 5.91 Å². The second-order valence-electron chi connectivity index (χ2n) is 8.16. The topological polar surface area (TPSA) is 76.0 Å². The molecule has 0 fully saturated rings. The summed E-state index contributed by atoms with van der Waals surface area (Å²) in [6.07, 6.45) is 0.335. The fraction of sp³-hybridized carbons (Fsp3) is 0.148. The first kappa shape index (κ1) is 26.1. The molecule has 0 saturated carbocycles. The van der Waals surface area contributed by atoms with Gasteiger partial charge in [0, 0.05) is 28.0 Å². The first-order valence-electron chi connectivity index (χ1n) is 11.2. The first-order chi connectivity index (χ1) is 17.3.